The van der Waals surface area contributed by atoms with Gasteiger partial charge in [0, 0.05) is 12.7 Å². The summed E-state index contributed by atoms with van der Waals surface area (Å²) in [5.41, 5.74) is 2.01. The number of aromatic nitrogens is 1. The highest BCUT2D eigenvalue weighted by atomic mass is 16.3. The zero-order valence-corrected chi connectivity index (χ0v) is 10.3. The van der Waals surface area contributed by atoms with E-state index >= 15 is 0 Å². The third-order valence-electron chi connectivity index (χ3n) is 3.02. The Labute approximate surface area is 110 Å². The van der Waals surface area contributed by atoms with Gasteiger partial charge in [0.15, 0.2) is 0 Å². The summed E-state index contributed by atoms with van der Waals surface area (Å²) in [5.74, 6) is 1.13. The second kappa shape index (κ2) is 5.02. The molecule has 0 saturated heterocycles. The Bertz CT molecular complexity index is 674. The molecule has 4 nitrogen and oxygen atoms in total. The minimum Gasteiger partial charge on any atom is -0.508 e. The van der Waals surface area contributed by atoms with Gasteiger partial charge in [-0.2, -0.15) is 0 Å². The Balaban J connectivity index is 1.66. The molecule has 0 bridgehead atoms. The first-order valence-electron chi connectivity index (χ1n) is 6.17. The quantitative estimate of drug-likeness (QED) is 0.750. The lowest BCUT2D eigenvalue weighted by atomic mass is 10.1. The average molecular weight is 254 g/mol. The highest BCUT2D eigenvalue weighted by molar-refractivity contribution is 5.87. The van der Waals surface area contributed by atoms with Crippen LogP contribution in [0.25, 0.3) is 11.0 Å². The molecule has 0 saturated carbocycles. The van der Waals surface area contributed by atoms with Gasteiger partial charge in [-0.1, -0.05) is 12.1 Å². The number of phenols is 1. The van der Waals surface area contributed by atoms with Crippen LogP contribution in [0, 0.1) is 0 Å². The minimum atomic E-state index is 0.293. The minimum absolute atomic E-state index is 0.293. The van der Waals surface area contributed by atoms with E-state index in [2.05, 4.69) is 10.3 Å². The number of pyridine rings is 1. The van der Waals surface area contributed by atoms with Crippen LogP contribution in [0.3, 0.4) is 0 Å². The van der Waals surface area contributed by atoms with Gasteiger partial charge < -0.3 is 14.8 Å². The predicted molar refractivity (Wildman–Crippen MR) is 74.3 cm³/mol. The van der Waals surface area contributed by atoms with Crippen molar-refractivity contribution in [1.29, 1.82) is 0 Å². The second-order valence-corrected chi connectivity index (χ2v) is 4.34. The van der Waals surface area contributed by atoms with E-state index in [1.165, 1.54) is 5.56 Å². The molecule has 0 unspecified atom stereocenters. The van der Waals surface area contributed by atoms with E-state index in [9.17, 15) is 5.11 Å². The van der Waals surface area contributed by atoms with Crippen LogP contribution in [-0.2, 0) is 6.42 Å². The van der Waals surface area contributed by atoms with E-state index in [1.807, 2.05) is 24.3 Å². The van der Waals surface area contributed by atoms with Gasteiger partial charge >= 0.3 is 0 Å². The molecule has 0 aliphatic carbocycles. The van der Waals surface area contributed by atoms with Crippen LogP contribution in [0.4, 0.5) is 5.82 Å². The van der Waals surface area contributed by atoms with Crippen LogP contribution >= 0.6 is 0 Å². The Morgan fingerprint density at radius 1 is 1.11 bits per heavy atom. The van der Waals surface area contributed by atoms with Crippen molar-refractivity contribution in [1.82, 2.24) is 4.98 Å². The number of nitrogens with one attached hydrogen (secondary N) is 1. The summed E-state index contributed by atoms with van der Waals surface area (Å²) >= 11 is 0. The van der Waals surface area contributed by atoms with Crippen LogP contribution in [0.15, 0.2) is 53.3 Å². The molecule has 3 aromatic rings. The van der Waals surface area contributed by atoms with E-state index < -0.39 is 0 Å². The number of benzene rings is 1. The number of fused-ring (bicyclic) bond motifs is 1. The molecular formula is C15H14N2O2. The monoisotopic (exact) mass is 254 g/mol. The summed E-state index contributed by atoms with van der Waals surface area (Å²) in [6.45, 7) is 0.780. The first kappa shape index (κ1) is 11.6. The molecule has 2 aromatic heterocycles. The van der Waals surface area contributed by atoms with Crippen molar-refractivity contribution < 1.29 is 9.52 Å². The Morgan fingerprint density at radius 3 is 2.79 bits per heavy atom. The lowest BCUT2D eigenvalue weighted by Gasteiger charge is -2.06. The average Bonchev–Trinajstić information content (AvgIpc) is 2.90. The molecule has 0 fully saturated rings. The van der Waals surface area contributed by atoms with E-state index in [0.717, 1.165) is 29.8 Å². The summed E-state index contributed by atoms with van der Waals surface area (Å²) < 4.78 is 5.33. The largest absolute Gasteiger partial charge is 0.508 e. The fraction of sp³-hybridized carbons (Fsp3) is 0.133. The SMILES string of the molecule is Oc1ccc(CCNc2nccc3occc23)cc1. The first-order chi connectivity index (χ1) is 9.33. The zero-order valence-electron chi connectivity index (χ0n) is 10.3. The van der Waals surface area contributed by atoms with Crippen molar-refractivity contribution >= 4 is 16.8 Å². The Kier molecular flexibility index (Phi) is 3.06. The van der Waals surface area contributed by atoms with Crippen molar-refractivity contribution in [3.8, 4) is 5.75 Å². The maximum atomic E-state index is 9.22. The van der Waals surface area contributed by atoms with Crippen molar-refractivity contribution in [3.63, 3.8) is 0 Å². The van der Waals surface area contributed by atoms with E-state index in [1.54, 1.807) is 24.6 Å². The summed E-state index contributed by atoms with van der Waals surface area (Å²) in [6.07, 6.45) is 4.27. The van der Waals surface area contributed by atoms with Gasteiger partial charge in [-0.3, -0.25) is 0 Å². The number of phenolic OH excluding ortho intramolecular Hbond substituents is 1. The molecule has 0 atom stereocenters. The van der Waals surface area contributed by atoms with Gasteiger partial charge in [-0.25, -0.2) is 4.98 Å². The van der Waals surface area contributed by atoms with Crippen molar-refractivity contribution in [2.45, 2.75) is 6.42 Å². The second-order valence-electron chi connectivity index (χ2n) is 4.34. The third kappa shape index (κ3) is 2.52. The smallest absolute Gasteiger partial charge is 0.139 e. The summed E-state index contributed by atoms with van der Waals surface area (Å²) in [7, 11) is 0. The molecular weight excluding hydrogens is 240 g/mol. The number of nitrogens with zero attached hydrogens (tertiary/aromatic N) is 1. The number of hydrogen-bond donors (Lipinski definition) is 2. The predicted octanol–water partition coefficient (Wildman–Crippen LogP) is 3.19. The summed E-state index contributed by atoms with van der Waals surface area (Å²) in [5, 5.41) is 13.5. The maximum absolute atomic E-state index is 9.22. The molecule has 1 aromatic carbocycles. The van der Waals surface area contributed by atoms with Gasteiger partial charge in [0.25, 0.3) is 0 Å². The van der Waals surface area contributed by atoms with Crippen LogP contribution < -0.4 is 5.32 Å². The number of furan rings is 1. The molecule has 4 heteroatoms. The van der Waals surface area contributed by atoms with Gasteiger partial charge in [0.1, 0.15) is 17.2 Å². The molecule has 3 rings (SSSR count). The summed E-state index contributed by atoms with van der Waals surface area (Å²) in [4.78, 5) is 4.31. The zero-order chi connectivity index (χ0) is 13.1. The van der Waals surface area contributed by atoms with Gasteiger partial charge in [-0.05, 0) is 36.2 Å². The molecule has 2 heterocycles. The van der Waals surface area contributed by atoms with Crippen LogP contribution in [-0.4, -0.2) is 16.6 Å². The van der Waals surface area contributed by atoms with Gasteiger partial charge in [-0.15, -0.1) is 0 Å². The van der Waals surface area contributed by atoms with Crippen LogP contribution in [0.2, 0.25) is 0 Å². The van der Waals surface area contributed by atoms with Crippen molar-refractivity contribution in [2.75, 3.05) is 11.9 Å². The Hall–Kier alpha value is -2.49. The number of anilines is 1. The molecule has 0 radical (unpaired) electrons. The molecule has 96 valence electrons. The van der Waals surface area contributed by atoms with E-state index in [-0.39, 0.29) is 0 Å². The maximum Gasteiger partial charge on any atom is 0.139 e. The highest BCUT2D eigenvalue weighted by Gasteiger charge is 2.03. The number of rotatable bonds is 4. The molecule has 0 aliphatic heterocycles. The molecule has 2 N–H and O–H groups in total. The van der Waals surface area contributed by atoms with E-state index in [4.69, 9.17) is 4.42 Å². The fourth-order valence-corrected chi connectivity index (χ4v) is 2.02. The van der Waals surface area contributed by atoms with Gasteiger partial charge in [0.05, 0.1) is 11.6 Å². The molecule has 0 amide bonds. The molecule has 19 heavy (non-hydrogen) atoms. The fourth-order valence-electron chi connectivity index (χ4n) is 2.02. The molecule has 0 spiro atoms. The normalized spacial score (nSPS) is 10.7. The topological polar surface area (TPSA) is 58.3 Å². The van der Waals surface area contributed by atoms with Crippen molar-refractivity contribution in [3.05, 3.63) is 54.4 Å². The van der Waals surface area contributed by atoms with Gasteiger partial charge in [0.2, 0.25) is 0 Å². The first-order valence-corrected chi connectivity index (χ1v) is 6.17. The highest BCUT2D eigenvalue weighted by Crippen LogP contribution is 2.21. The number of aromatic hydroxyl groups is 1. The third-order valence-corrected chi connectivity index (χ3v) is 3.02. The van der Waals surface area contributed by atoms with E-state index in [0.29, 0.717) is 5.75 Å². The molecule has 0 aliphatic rings. The standard InChI is InChI=1S/C15H14N2O2/c18-12-3-1-11(2-4-12)5-8-16-15-13-7-10-19-14(13)6-9-17-15/h1-4,6-7,9-10,18H,5,8H2,(H,16,17). The van der Waals surface area contributed by atoms with Crippen LogP contribution in [0.1, 0.15) is 5.56 Å². The lowest BCUT2D eigenvalue weighted by molar-refractivity contribution is 0.475. The lowest BCUT2D eigenvalue weighted by Crippen LogP contribution is -2.06. The number of hydrogen-bond acceptors (Lipinski definition) is 4. The summed E-state index contributed by atoms with van der Waals surface area (Å²) in [6, 6.07) is 11.0. The Morgan fingerprint density at radius 2 is 1.95 bits per heavy atom. The van der Waals surface area contributed by atoms with Crippen LogP contribution in [0.5, 0.6) is 5.75 Å². The van der Waals surface area contributed by atoms with Crippen molar-refractivity contribution in [2.24, 2.45) is 0 Å².